The number of alkyl halides is 1. The van der Waals surface area contributed by atoms with Gasteiger partial charge in [0.25, 0.3) is 0 Å². The summed E-state index contributed by atoms with van der Waals surface area (Å²) in [7, 11) is 5.34. The van der Waals surface area contributed by atoms with Crippen LogP contribution in [0.1, 0.15) is 11.1 Å². The smallest absolute Gasteiger partial charge is 0.169 e. The van der Waals surface area contributed by atoms with Crippen LogP contribution in [0, 0.1) is 5.82 Å². The Balaban J connectivity index is 2.14. The molecule has 2 aliphatic rings. The number of halogens is 2. The highest BCUT2D eigenvalue weighted by atomic mass is 79.9. The van der Waals surface area contributed by atoms with Crippen molar-refractivity contribution in [3.63, 3.8) is 0 Å². The minimum Gasteiger partial charge on any atom is -0.496 e. The van der Waals surface area contributed by atoms with E-state index >= 15 is 0 Å². The summed E-state index contributed by atoms with van der Waals surface area (Å²) in [5.74, 6) is 0.486. The van der Waals surface area contributed by atoms with Gasteiger partial charge in [0, 0.05) is 36.6 Å². The number of hydrogen-bond donors (Lipinski definition) is 0. The summed E-state index contributed by atoms with van der Waals surface area (Å²) in [6.07, 6.45) is 5.99. The van der Waals surface area contributed by atoms with Crippen LogP contribution >= 0.6 is 15.9 Å². The summed E-state index contributed by atoms with van der Waals surface area (Å²) >= 11 is 3.77. The van der Waals surface area contributed by atoms with Crippen molar-refractivity contribution in [1.29, 1.82) is 0 Å². The molecule has 3 nitrogen and oxygen atoms in total. The van der Waals surface area contributed by atoms with Crippen molar-refractivity contribution in [3.05, 3.63) is 88.9 Å². The Labute approximate surface area is 166 Å². The van der Waals surface area contributed by atoms with Crippen LogP contribution in [0.15, 0.2) is 72.0 Å². The molecule has 1 aliphatic heterocycles. The number of ether oxygens (including phenoxy) is 2. The van der Waals surface area contributed by atoms with E-state index in [1.807, 2.05) is 31.3 Å². The fourth-order valence-corrected chi connectivity index (χ4v) is 4.29. The molecule has 1 heterocycles. The van der Waals surface area contributed by atoms with Gasteiger partial charge in [0.2, 0.25) is 0 Å². The first-order valence-electron chi connectivity index (χ1n) is 8.56. The van der Waals surface area contributed by atoms with E-state index in [1.54, 1.807) is 26.4 Å². The zero-order chi connectivity index (χ0) is 19.2. The van der Waals surface area contributed by atoms with E-state index in [-0.39, 0.29) is 5.82 Å². The summed E-state index contributed by atoms with van der Waals surface area (Å²) in [4.78, 5) is 2.12. The van der Waals surface area contributed by atoms with Gasteiger partial charge in [-0.05, 0) is 57.9 Å². The average molecular weight is 428 g/mol. The van der Waals surface area contributed by atoms with Gasteiger partial charge >= 0.3 is 0 Å². The lowest BCUT2D eigenvalue weighted by Crippen LogP contribution is -2.36. The van der Waals surface area contributed by atoms with Gasteiger partial charge in [0.05, 0.1) is 12.8 Å². The first kappa shape index (κ1) is 18.0. The summed E-state index contributed by atoms with van der Waals surface area (Å²) in [6, 6.07) is 12.5. The molecule has 5 heteroatoms. The normalized spacial score (nSPS) is 20.9. The number of anilines is 1. The second kappa shape index (κ2) is 6.66. The molecule has 0 amide bonds. The predicted octanol–water partition coefficient (Wildman–Crippen LogP) is 5.28. The third-order valence-corrected chi connectivity index (χ3v) is 6.02. The summed E-state index contributed by atoms with van der Waals surface area (Å²) in [5, 5.41) is 0. The molecule has 1 aliphatic carbocycles. The molecule has 138 valence electrons. The molecule has 0 N–H and O–H groups in total. The van der Waals surface area contributed by atoms with Crippen LogP contribution in [-0.2, 0) is 4.74 Å². The zero-order valence-corrected chi connectivity index (χ0v) is 16.9. The highest BCUT2D eigenvalue weighted by molar-refractivity contribution is 9.10. The standard InChI is InChI=1S/C22H19BrFNO2/c1-25-16-6-4-8-18(26-2)20(16)19(14-9-11-15(24)12-10-14)21-17(25)7-5-13-22(21,23)27-3/h4-13H,1-3H3. The maximum Gasteiger partial charge on any atom is 0.169 e. The van der Waals surface area contributed by atoms with Crippen LogP contribution in [0.25, 0.3) is 5.57 Å². The largest absolute Gasteiger partial charge is 0.496 e. The minimum absolute atomic E-state index is 0.270. The quantitative estimate of drug-likeness (QED) is 0.622. The van der Waals surface area contributed by atoms with Crippen molar-refractivity contribution in [2.24, 2.45) is 0 Å². The fourth-order valence-electron chi connectivity index (χ4n) is 3.73. The van der Waals surface area contributed by atoms with E-state index in [0.29, 0.717) is 0 Å². The van der Waals surface area contributed by atoms with Crippen LogP contribution in [0.5, 0.6) is 5.75 Å². The van der Waals surface area contributed by atoms with Crippen molar-refractivity contribution in [3.8, 4) is 5.75 Å². The average Bonchev–Trinajstić information content (AvgIpc) is 2.69. The molecule has 0 fully saturated rings. The van der Waals surface area contributed by atoms with Crippen LogP contribution in [0.3, 0.4) is 0 Å². The number of fused-ring (bicyclic) bond motifs is 2. The third kappa shape index (κ3) is 2.73. The van der Waals surface area contributed by atoms with E-state index < -0.39 is 4.51 Å². The van der Waals surface area contributed by atoms with Gasteiger partial charge in [-0.2, -0.15) is 0 Å². The van der Waals surface area contributed by atoms with Crippen LogP contribution in [0.2, 0.25) is 0 Å². The number of rotatable bonds is 3. The van der Waals surface area contributed by atoms with Gasteiger partial charge in [0.15, 0.2) is 4.51 Å². The summed E-state index contributed by atoms with van der Waals surface area (Å²) < 4.78 is 24.3. The molecule has 0 bridgehead atoms. The van der Waals surface area contributed by atoms with Crippen molar-refractivity contribution in [2.75, 3.05) is 26.2 Å². The van der Waals surface area contributed by atoms with E-state index in [4.69, 9.17) is 9.47 Å². The second-order valence-corrected chi connectivity index (χ2v) is 7.61. The highest BCUT2D eigenvalue weighted by Crippen LogP contribution is 2.53. The van der Waals surface area contributed by atoms with Crippen molar-refractivity contribution in [2.45, 2.75) is 4.51 Å². The molecule has 27 heavy (non-hydrogen) atoms. The van der Waals surface area contributed by atoms with Crippen molar-refractivity contribution < 1.29 is 13.9 Å². The molecule has 2 aromatic carbocycles. The molecule has 1 unspecified atom stereocenters. The molecule has 4 rings (SSSR count). The van der Waals surface area contributed by atoms with Gasteiger partial charge in [-0.3, -0.25) is 0 Å². The lowest BCUT2D eigenvalue weighted by Gasteiger charge is -2.41. The van der Waals surface area contributed by atoms with E-state index in [0.717, 1.165) is 39.4 Å². The number of likely N-dealkylation sites (N-methyl/N-ethyl adjacent to an activating group) is 1. The molecule has 0 radical (unpaired) electrons. The zero-order valence-electron chi connectivity index (χ0n) is 15.3. The third-order valence-electron chi connectivity index (χ3n) is 5.04. The number of hydrogen-bond acceptors (Lipinski definition) is 3. The van der Waals surface area contributed by atoms with E-state index in [1.165, 1.54) is 12.1 Å². The molecule has 1 atom stereocenters. The van der Waals surface area contributed by atoms with Gasteiger partial charge in [0.1, 0.15) is 11.6 Å². The summed E-state index contributed by atoms with van der Waals surface area (Å²) in [5.41, 5.74) is 5.79. The Morgan fingerprint density at radius 1 is 1.07 bits per heavy atom. The molecular formula is C22H19BrFNO2. The Kier molecular flexibility index (Phi) is 4.44. The predicted molar refractivity (Wildman–Crippen MR) is 110 cm³/mol. The van der Waals surface area contributed by atoms with Crippen LogP contribution in [-0.4, -0.2) is 25.8 Å². The summed E-state index contributed by atoms with van der Waals surface area (Å²) in [6.45, 7) is 0. The van der Waals surface area contributed by atoms with Crippen molar-refractivity contribution >= 4 is 27.2 Å². The van der Waals surface area contributed by atoms with E-state index in [9.17, 15) is 4.39 Å². The van der Waals surface area contributed by atoms with Crippen molar-refractivity contribution in [1.82, 2.24) is 0 Å². The molecule has 0 spiro atoms. The Hall–Kier alpha value is -2.37. The molecule has 2 aromatic rings. The van der Waals surface area contributed by atoms with Gasteiger partial charge < -0.3 is 14.4 Å². The molecule has 0 saturated heterocycles. The minimum atomic E-state index is -0.798. The molecule has 0 saturated carbocycles. The number of nitrogens with zero attached hydrogens (tertiary/aromatic N) is 1. The van der Waals surface area contributed by atoms with Gasteiger partial charge in [-0.15, -0.1) is 0 Å². The van der Waals surface area contributed by atoms with Crippen LogP contribution < -0.4 is 9.64 Å². The molecular weight excluding hydrogens is 409 g/mol. The second-order valence-electron chi connectivity index (χ2n) is 6.43. The number of benzene rings is 2. The fraction of sp³-hybridized carbons (Fsp3) is 0.182. The van der Waals surface area contributed by atoms with Gasteiger partial charge in [-0.1, -0.05) is 24.3 Å². The topological polar surface area (TPSA) is 21.7 Å². The maximum atomic E-state index is 13.6. The first-order valence-corrected chi connectivity index (χ1v) is 9.35. The number of allylic oxidation sites excluding steroid dienone is 2. The Bertz CT molecular complexity index is 994. The lowest BCUT2D eigenvalue weighted by molar-refractivity contribution is 0.147. The van der Waals surface area contributed by atoms with Gasteiger partial charge in [-0.25, -0.2) is 4.39 Å². The number of methoxy groups -OCH3 is 2. The highest BCUT2D eigenvalue weighted by Gasteiger charge is 2.41. The first-order chi connectivity index (χ1) is 13.0. The Morgan fingerprint density at radius 3 is 2.48 bits per heavy atom. The van der Waals surface area contributed by atoms with Crippen LogP contribution in [0.4, 0.5) is 10.1 Å². The lowest BCUT2D eigenvalue weighted by atomic mass is 9.82. The Morgan fingerprint density at radius 2 is 1.81 bits per heavy atom. The monoisotopic (exact) mass is 427 g/mol. The molecule has 0 aromatic heterocycles. The maximum absolute atomic E-state index is 13.6. The van der Waals surface area contributed by atoms with E-state index in [2.05, 4.69) is 33.0 Å². The SMILES string of the molecule is COc1cccc2c1C(c1ccc(F)cc1)=C1C(=CC=CC1(Br)OC)N2C.